The van der Waals surface area contributed by atoms with Crippen LogP contribution in [0.25, 0.3) is 6.08 Å². The highest BCUT2D eigenvalue weighted by molar-refractivity contribution is 5.92. The van der Waals surface area contributed by atoms with Crippen LogP contribution in [-0.2, 0) is 0 Å². The van der Waals surface area contributed by atoms with Crippen molar-refractivity contribution in [2.75, 3.05) is 26.2 Å². The fourth-order valence-corrected chi connectivity index (χ4v) is 3.28. The molecule has 1 aliphatic rings. The molecule has 0 aliphatic carbocycles. The zero-order valence-corrected chi connectivity index (χ0v) is 14.8. The normalized spacial score (nSPS) is 19.1. The van der Waals surface area contributed by atoms with Crippen molar-refractivity contribution in [2.45, 2.75) is 26.7 Å². The lowest BCUT2D eigenvalue weighted by atomic mass is 9.97. The highest BCUT2D eigenvalue weighted by atomic mass is 16.5. The van der Waals surface area contributed by atoms with Gasteiger partial charge in [-0.05, 0) is 57.4 Å². The van der Waals surface area contributed by atoms with Gasteiger partial charge in [-0.1, -0.05) is 10.7 Å². The van der Waals surface area contributed by atoms with E-state index < -0.39 is 0 Å². The second kappa shape index (κ2) is 8.16. The predicted molar refractivity (Wildman–Crippen MR) is 95.1 cm³/mol. The third-order valence-corrected chi connectivity index (χ3v) is 4.42. The van der Waals surface area contributed by atoms with Gasteiger partial charge in [-0.3, -0.25) is 9.69 Å². The van der Waals surface area contributed by atoms with Crippen LogP contribution >= 0.6 is 0 Å². The van der Waals surface area contributed by atoms with E-state index in [-0.39, 0.29) is 5.91 Å². The Labute approximate surface area is 147 Å². The van der Waals surface area contributed by atoms with Gasteiger partial charge in [0.25, 0.3) is 5.91 Å². The molecule has 2 aromatic heterocycles. The van der Waals surface area contributed by atoms with E-state index in [2.05, 4.69) is 28.4 Å². The summed E-state index contributed by atoms with van der Waals surface area (Å²) in [6, 6.07) is 5.52. The number of likely N-dealkylation sites (tertiary alicyclic amines) is 1. The Morgan fingerprint density at radius 2 is 2.40 bits per heavy atom. The molecule has 0 aromatic carbocycles. The summed E-state index contributed by atoms with van der Waals surface area (Å²) in [7, 11) is 0. The van der Waals surface area contributed by atoms with Gasteiger partial charge in [0, 0.05) is 25.7 Å². The Kier molecular flexibility index (Phi) is 5.71. The molecule has 1 saturated heterocycles. The van der Waals surface area contributed by atoms with E-state index in [0.717, 1.165) is 38.2 Å². The van der Waals surface area contributed by atoms with Crippen LogP contribution in [0.5, 0.6) is 0 Å². The Morgan fingerprint density at radius 3 is 3.12 bits per heavy atom. The van der Waals surface area contributed by atoms with Crippen LogP contribution in [-0.4, -0.2) is 42.1 Å². The third-order valence-electron chi connectivity index (χ3n) is 4.42. The maximum Gasteiger partial charge on any atom is 0.273 e. The summed E-state index contributed by atoms with van der Waals surface area (Å²) in [5, 5.41) is 6.73. The Morgan fingerprint density at radius 1 is 1.52 bits per heavy atom. The van der Waals surface area contributed by atoms with Crippen LogP contribution in [0.4, 0.5) is 0 Å². The molecular formula is C19H25N3O3. The van der Waals surface area contributed by atoms with Crippen LogP contribution in [0.3, 0.4) is 0 Å². The molecule has 2 aromatic rings. The van der Waals surface area contributed by atoms with Gasteiger partial charge in [-0.2, -0.15) is 0 Å². The number of amides is 1. The highest BCUT2D eigenvalue weighted by Crippen LogP contribution is 2.18. The lowest BCUT2D eigenvalue weighted by Gasteiger charge is -2.33. The second-order valence-electron chi connectivity index (χ2n) is 6.78. The second-order valence-corrected chi connectivity index (χ2v) is 6.78. The Bertz CT molecular complexity index is 718. The molecule has 1 unspecified atom stereocenters. The molecular weight excluding hydrogens is 318 g/mol. The van der Waals surface area contributed by atoms with E-state index in [9.17, 15) is 4.79 Å². The van der Waals surface area contributed by atoms with E-state index in [1.807, 2.05) is 12.1 Å². The minimum Gasteiger partial charge on any atom is -0.465 e. The number of hydrogen-bond donors (Lipinski definition) is 1. The van der Waals surface area contributed by atoms with Crippen LogP contribution in [0.1, 0.15) is 41.8 Å². The van der Waals surface area contributed by atoms with Crippen molar-refractivity contribution < 1.29 is 13.7 Å². The van der Waals surface area contributed by atoms with Gasteiger partial charge in [0.15, 0.2) is 5.69 Å². The lowest BCUT2D eigenvalue weighted by molar-refractivity contribution is 0.0925. The number of carbonyl (C=O) groups is 1. The van der Waals surface area contributed by atoms with Gasteiger partial charge in [-0.15, -0.1) is 0 Å². The summed E-state index contributed by atoms with van der Waals surface area (Å²) in [4.78, 5) is 14.5. The van der Waals surface area contributed by atoms with Crippen molar-refractivity contribution >= 4 is 12.0 Å². The summed E-state index contributed by atoms with van der Waals surface area (Å²) in [6.07, 6.45) is 6.06. The smallest absolute Gasteiger partial charge is 0.273 e. The first-order chi connectivity index (χ1) is 12.1. The average Bonchev–Trinajstić information content (AvgIpc) is 3.24. The molecule has 134 valence electrons. The van der Waals surface area contributed by atoms with Crippen LogP contribution in [0, 0.1) is 12.8 Å². The molecule has 25 heavy (non-hydrogen) atoms. The molecule has 1 amide bonds. The minimum absolute atomic E-state index is 0.164. The van der Waals surface area contributed by atoms with E-state index in [1.165, 1.54) is 5.57 Å². The predicted octanol–water partition coefficient (Wildman–Crippen LogP) is 3.12. The molecule has 1 aliphatic heterocycles. The summed E-state index contributed by atoms with van der Waals surface area (Å²) in [5.74, 6) is 1.83. The molecule has 3 rings (SSSR count). The maximum atomic E-state index is 12.1. The number of aryl methyl sites for hydroxylation is 1. The molecule has 1 fully saturated rings. The molecule has 0 radical (unpaired) electrons. The number of piperidine rings is 1. The third kappa shape index (κ3) is 5.06. The fraction of sp³-hybridized carbons (Fsp3) is 0.474. The van der Waals surface area contributed by atoms with Gasteiger partial charge in [0.1, 0.15) is 11.5 Å². The van der Waals surface area contributed by atoms with Gasteiger partial charge in [-0.25, -0.2) is 0 Å². The van der Waals surface area contributed by atoms with Crippen molar-refractivity contribution in [2.24, 2.45) is 5.92 Å². The molecule has 6 nitrogen and oxygen atoms in total. The first-order valence-corrected chi connectivity index (χ1v) is 8.74. The zero-order valence-electron chi connectivity index (χ0n) is 14.8. The van der Waals surface area contributed by atoms with Crippen molar-refractivity contribution in [3.8, 4) is 0 Å². The molecule has 0 saturated carbocycles. The number of furan rings is 1. The van der Waals surface area contributed by atoms with Crippen molar-refractivity contribution in [1.82, 2.24) is 15.4 Å². The average molecular weight is 343 g/mol. The quantitative estimate of drug-likeness (QED) is 0.872. The maximum absolute atomic E-state index is 12.1. The van der Waals surface area contributed by atoms with Gasteiger partial charge < -0.3 is 14.3 Å². The van der Waals surface area contributed by atoms with Crippen LogP contribution in [0.15, 0.2) is 39.0 Å². The van der Waals surface area contributed by atoms with E-state index in [1.54, 1.807) is 19.3 Å². The highest BCUT2D eigenvalue weighted by Gasteiger charge is 2.21. The number of nitrogens with one attached hydrogen (secondary N) is 1. The summed E-state index contributed by atoms with van der Waals surface area (Å²) >= 11 is 0. The Hall–Kier alpha value is -2.34. The standard InChI is InChI=1S/C19H25N3O3/c1-14(9-17-6-4-8-24-17)12-22-7-3-5-16(13-22)11-20-19(23)18-10-15(2)25-21-18/h4,6,8-10,16H,3,5,7,11-13H2,1-2H3,(H,20,23)/b14-9+. The Balaban J connectivity index is 1.47. The number of hydrogen-bond acceptors (Lipinski definition) is 5. The molecule has 0 spiro atoms. The monoisotopic (exact) mass is 343 g/mol. The van der Waals surface area contributed by atoms with Gasteiger partial charge in [0.05, 0.1) is 6.26 Å². The number of aromatic nitrogens is 1. The van der Waals surface area contributed by atoms with Crippen molar-refractivity contribution in [3.05, 3.63) is 47.2 Å². The minimum atomic E-state index is -0.164. The van der Waals surface area contributed by atoms with E-state index in [0.29, 0.717) is 23.9 Å². The lowest BCUT2D eigenvalue weighted by Crippen LogP contribution is -2.41. The zero-order chi connectivity index (χ0) is 17.6. The first-order valence-electron chi connectivity index (χ1n) is 8.74. The molecule has 6 heteroatoms. The number of rotatable bonds is 6. The summed E-state index contributed by atoms with van der Waals surface area (Å²) in [6.45, 7) is 7.58. The molecule has 0 bridgehead atoms. The molecule has 3 heterocycles. The van der Waals surface area contributed by atoms with Gasteiger partial charge >= 0.3 is 0 Å². The van der Waals surface area contributed by atoms with Crippen molar-refractivity contribution in [3.63, 3.8) is 0 Å². The molecule has 1 N–H and O–H groups in total. The van der Waals surface area contributed by atoms with Crippen molar-refractivity contribution in [1.29, 1.82) is 0 Å². The largest absolute Gasteiger partial charge is 0.465 e. The van der Waals surface area contributed by atoms with Gasteiger partial charge in [0.2, 0.25) is 0 Å². The van der Waals surface area contributed by atoms with Crippen LogP contribution in [0.2, 0.25) is 0 Å². The summed E-state index contributed by atoms with van der Waals surface area (Å²) < 4.78 is 10.3. The fourth-order valence-electron chi connectivity index (χ4n) is 3.28. The number of nitrogens with zero attached hydrogens (tertiary/aromatic N) is 2. The first kappa shape index (κ1) is 17.5. The SMILES string of the molecule is C/C(=C\c1ccco1)CN1CCCC(CNC(=O)c2cc(C)on2)C1. The van der Waals surface area contributed by atoms with Crippen LogP contribution < -0.4 is 5.32 Å². The summed E-state index contributed by atoms with van der Waals surface area (Å²) in [5.41, 5.74) is 1.63. The van der Waals surface area contributed by atoms with E-state index in [4.69, 9.17) is 8.94 Å². The van der Waals surface area contributed by atoms with E-state index >= 15 is 0 Å². The molecule has 1 atom stereocenters. The topological polar surface area (TPSA) is 71.5 Å². The number of carbonyl (C=O) groups excluding carboxylic acids is 1.